The molecule has 15 heavy (non-hydrogen) atoms. The monoisotopic (exact) mass is 216 g/mol. The van der Waals surface area contributed by atoms with Crippen molar-refractivity contribution in [2.45, 2.75) is 65.6 Å². The molecule has 3 atom stereocenters. The Bertz CT molecular complexity index is 201. The largest absolute Gasteiger partial charge is 0.372 e. The fraction of sp³-hybridized carbons (Fsp3) is 1.00. The number of hydrogen-bond acceptors (Lipinski definition) is 3. The van der Waals surface area contributed by atoms with E-state index in [1.54, 1.807) is 0 Å². The summed E-state index contributed by atoms with van der Waals surface area (Å²) in [5, 5.41) is 0. The van der Waals surface area contributed by atoms with Crippen molar-refractivity contribution < 1.29 is 14.2 Å². The van der Waals surface area contributed by atoms with Gasteiger partial charge in [0, 0.05) is 0 Å². The van der Waals surface area contributed by atoms with Crippen LogP contribution in [-0.2, 0) is 14.2 Å². The van der Waals surface area contributed by atoms with Crippen LogP contribution in [0.15, 0.2) is 0 Å². The Labute approximate surface area is 93.1 Å². The van der Waals surface area contributed by atoms with Crippen molar-refractivity contribution in [3.63, 3.8) is 0 Å². The molecule has 0 aromatic heterocycles. The summed E-state index contributed by atoms with van der Waals surface area (Å²) in [4.78, 5) is 0. The maximum absolute atomic E-state index is 5.80. The van der Waals surface area contributed by atoms with Crippen molar-refractivity contribution in [3.8, 4) is 0 Å². The zero-order valence-electron chi connectivity index (χ0n) is 10.7. The molecule has 0 spiro atoms. The van der Waals surface area contributed by atoms with Gasteiger partial charge in [-0.25, -0.2) is 0 Å². The second-order valence-electron chi connectivity index (χ2n) is 4.68. The molecule has 3 heteroatoms. The van der Waals surface area contributed by atoms with Gasteiger partial charge in [-0.1, -0.05) is 27.7 Å². The summed E-state index contributed by atoms with van der Waals surface area (Å²) in [6, 6.07) is 0. The predicted molar refractivity (Wildman–Crippen MR) is 59.8 cm³/mol. The highest BCUT2D eigenvalue weighted by Gasteiger charge is 2.50. The van der Waals surface area contributed by atoms with E-state index >= 15 is 0 Å². The first-order valence-corrected chi connectivity index (χ1v) is 5.97. The topological polar surface area (TPSA) is 27.7 Å². The highest BCUT2D eigenvalue weighted by molar-refractivity contribution is 4.93. The maximum atomic E-state index is 5.80. The summed E-state index contributed by atoms with van der Waals surface area (Å²) < 4.78 is 17.1. The third-order valence-corrected chi connectivity index (χ3v) is 2.66. The Morgan fingerprint density at radius 2 is 1.73 bits per heavy atom. The zero-order valence-corrected chi connectivity index (χ0v) is 10.7. The summed E-state index contributed by atoms with van der Waals surface area (Å²) in [6.45, 7) is 12.9. The molecule has 2 heterocycles. The van der Waals surface area contributed by atoms with Gasteiger partial charge in [0.05, 0.1) is 12.7 Å². The minimum absolute atomic E-state index is 0.134. The third-order valence-electron chi connectivity index (χ3n) is 2.66. The lowest BCUT2D eigenvalue weighted by Gasteiger charge is -2.23. The Hall–Kier alpha value is -0.120. The van der Waals surface area contributed by atoms with Crippen molar-refractivity contribution >= 4 is 0 Å². The highest BCUT2D eigenvalue weighted by Crippen LogP contribution is 2.37. The number of ether oxygens (including phenoxy) is 3. The second-order valence-corrected chi connectivity index (χ2v) is 4.68. The van der Waals surface area contributed by atoms with E-state index in [0.717, 1.165) is 0 Å². The molecule has 3 nitrogen and oxygen atoms in total. The van der Waals surface area contributed by atoms with Crippen LogP contribution in [-0.4, -0.2) is 30.7 Å². The molecule has 0 aromatic carbocycles. The van der Waals surface area contributed by atoms with Gasteiger partial charge in [-0.15, -0.1) is 0 Å². The van der Waals surface area contributed by atoms with E-state index in [-0.39, 0.29) is 18.3 Å². The van der Waals surface area contributed by atoms with E-state index in [2.05, 4.69) is 13.8 Å². The first-order chi connectivity index (χ1) is 6.99. The summed E-state index contributed by atoms with van der Waals surface area (Å²) in [7, 11) is 0. The van der Waals surface area contributed by atoms with Crippen LogP contribution in [0.1, 0.15) is 41.5 Å². The van der Waals surface area contributed by atoms with Gasteiger partial charge in [-0.05, 0) is 19.8 Å². The average molecular weight is 216 g/mol. The summed E-state index contributed by atoms with van der Waals surface area (Å²) in [5.74, 6) is 0.0687. The van der Waals surface area contributed by atoms with Crippen molar-refractivity contribution in [1.29, 1.82) is 0 Å². The van der Waals surface area contributed by atoms with Crippen molar-refractivity contribution in [2.75, 3.05) is 6.61 Å². The molecule has 2 aliphatic rings. The fourth-order valence-electron chi connectivity index (χ4n) is 2.14. The SMILES string of the molecule is CC.CC(C)C1OCC2OC(C)(C)OC21. The molecule has 0 radical (unpaired) electrons. The van der Waals surface area contributed by atoms with Gasteiger partial charge in [0.15, 0.2) is 5.79 Å². The van der Waals surface area contributed by atoms with Crippen molar-refractivity contribution in [1.82, 2.24) is 0 Å². The Kier molecular flexibility index (Phi) is 4.15. The molecular weight excluding hydrogens is 192 g/mol. The third kappa shape index (κ3) is 2.71. The van der Waals surface area contributed by atoms with E-state index < -0.39 is 5.79 Å². The van der Waals surface area contributed by atoms with Crippen LogP contribution >= 0.6 is 0 Å². The summed E-state index contributed by atoms with van der Waals surface area (Å²) in [6.07, 6.45) is 0.476. The van der Waals surface area contributed by atoms with Crippen LogP contribution in [0.2, 0.25) is 0 Å². The first-order valence-electron chi connectivity index (χ1n) is 5.97. The lowest BCUT2D eigenvalue weighted by atomic mass is 10.0. The van der Waals surface area contributed by atoms with Gasteiger partial charge in [-0.2, -0.15) is 0 Å². The Balaban J connectivity index is 0.000000531. The first kappa shape index (κ1) is 12.9. The van der Waals surface area contributed by atoms with Gasteiger partial charge >= 0.3 is 0 Å². The predicted octanol–water partition coefficient (Wildman–Crippen LogP) is 2.59. The molecule has 0 amide bonds. The molecule has 2 fully saturated rings. The molecule has 0 N–H and O–H groups in total. The van der Waals surface area contributed by atoms with Gasteiger partial charge in [0.2, 0.25) is 0 Å². The Morgan fingerprint density at radius 1 is 1.13 bits per heavy atom. The molecule has 0 bridgehead atoms. The molecular formula is C12H24O3. The molecule has 3 unspecified atom stereocenters. The van der Waals surface area contributed by atoms with E-state index in [4.69, 9.17) is 14.2 Å². The van der Waals surface area contributed by atoms with Crippen LogP contribution in [0, 0.1) is 5.92 Å². The summed E-state index contributed by atoms with van der Waals surface area (Å²) >= 11 is 0. The summed E-state index contributed by atoms with van der Waals surface area (Å²) in [5.41, 5.74) is 0. The lowest BCUT2D eigenvalue weighted by Crippen LogP contribution is -2.33. The molecule has 2 rings (SSSR count). The number of hydrogen-bond donors (Lipinski definition) is 0. The quantitative estimate of drug-likeness (QED) is 0.674. The van der Waals surface area contributed by atoms with Gasteiger partial charge in [0.25, 0.3) is 0 Å². The number of rotatable bonds is 1. The normalized spacial score (nSPS) is 37.4. The van der Waals surface area contributed by atoms with Gasteiger partial charge < -0.3 is 14.2 Å². The minimum atomic E-state index is -0.424. The molecule has 0 saturated carbocycles. The maximum Gasteiger partial charge on any atom is 0.164 e. The van der Waals surface area contributed by atoms with Crippen LogP contribution < -0.4 is 0 Å². The zero-order chi connectivity index (χ0) is 11.6. The van der Waals surface area contributed by atoms with Crippen LogP contribution in [0.4, 0.5) is 0 Å². The van der Waals surface area contributed by atoms with E-state index in [1.807, 2.05) is 27.7 Å². The Morgan fingerprint density at radius 3 is 2.27 bits per heavy atom. The minimum Gasteiger partial charge on any atom is -0.372 e. The van der Waals surface area contributed by atoms with Gasteiger partial charge in [-0.3, -0.25) is 0 Å². The van der Waals surface area contributed by atoms with E-state index in [9.17, 15) is 0 Å². The molecule has 2 aliphatic heterocycles. The van der Waals surface area contributed by atoms with E-state index in [1.165, 1.54) is 0 Å². The van der Waals surface area contributed by atoms with Crippen molar-refractivity contribution in [2.24, 2.45) is 5.92 Å². The van der Waals surface area contributed by atoms with Crippen LogP contribution in [0.25, 0.3) is 0 Å². The molecule has 0 aliphatic carbocycles. The molecule has 0 aromatic rings. The van der Waals surface area contributed by atoms with Crippen molar-refractivity contribution in [3.05, 3.63) is 0 Å². The van der Waals surface area contributed by atoms with E-state index in [0.29, 0.717) is 12.5 Å². The number of fused-ring (bicyclic) bond motifs is 1. The highest BCUT2D eigenvalue weighted by atomic mass is 16.8. The molecule has 2 saturated heterocycles. The molecule has 90 valence electrons. The second kappa shape index (κ2) is 4.81. The standard InChI is InChI=1S/C10H18O3.C2H6/c1-6(2)8-9-7(5-11-8)12-10(3,4)13-9;1-2/h6-9H,5H2,1-4H3;1-2H3. The smallest absolute Gasteiger partial charge is 0.164 e. The lowest BCUT2D eigenvalue weighted by molar-refractivity contribution is -0.178. The van der Waals surface area contributed by atoms with Gasteiger partial charge in [0.1, 0.15) is 12.2 Å². The van der Waals surface area contributed by atoms with Crippen LogP contribution in [0.5, 0.6) is 0 Å². The van der Waals surface area contributed by atoms with Crippen LogP contribution in [0.3, 0.4) is 0 Å². The average Bonchev–Trinajstić information content (AvgIpc) is 2.62. The fourth-order valence-corrected chi connectivity index (χ4v) is 2.14.